The molecule has 1 amide bonds. The zero-order chi connectivity index (χ0) is 14.2. The molecule has 2 aliphatic heterocycles. The number of carbonyl (C=O) groups excluding carboxylic acids is 1. The summed E-state index contributed by atoms with van der Waals surface area (Å²) in [6, 6.07) is 0. The predicted octanol–water partition coefficient (Wildman–Crippen LogP) is 0.801. The van der Waals surface area contributed by atoms with Crippen molar-refractivity contribution < 1.29 is 14.7 Å². The Labute approximate surface area is 114 Å². The van der Waals surface area contributed by atoms with Crippen molar-refractivity contribution in [2.75, 3.05) is 26.2 Å². The number of hydrogen-bond acceptors (Lipinski definition) is 3. The van der Waals surface area contributed by atoms with Gasteiger partial charge in [-0.1, -0.05) is 20.8 Å². The van der Waals surface area contributed by atoms with E-state index in [-0.39, 0.29) is 23.2 Å². The Hall–Kier alpha value is -1.10. The summed E-state index contributed by atoms with van der Waals surface area (Å²) in [7, 11) is 0. The molecule has 0 aromatic heterocycles. The number of hydrogen-bond donors (Lipinski definition) is 2. The third-order valence-corrected chi connectivity index (χ3v) is 5.01. The maximum absolute atomic E-state index is 12.7. The number of nitrogens with one attached hydrogen (secondary N) is 1. The van der Waals surface area contributed by atoms with Crippen LogP contribution in [0, 0.1) is 23.2 Å². The van der Waals surface area contributed by atoms with E-state index in [1.165, 1.54) is 0 Å². The molecule has 2 fully saturated rings. The fourth-order valence-electron chi connectivity index (χ4n) is 3.14. The van der Waals surface area contributed by atoms with Crippen LogP contribution < -0.4 is 5.32 Å². The highest BCUT2D eigenvalue weighted by Crippen LogP contribution is 2.38. The third kappa shape index (κ3) is 2.36. The maximum atomic E-state index is 12.7. The first-order chi connectivity index (χ1) is 8.88. The van der Waals surface area contributed by atoms with E-state index in [4.69, 9.17) is 5.11 Å². The molecule has 5 heteroatoms. The van der Waals surface area contributed by atoms with Gasteiger partial charge in [-0.05, 0) is 18.9 Å². The molecule has 2 N–H and O–H groups in total. The lowest BCUT2D eigenvalue weighted by atomic mass is 9.73. The van der Waals surface area contributed by atoms with Crippen LogP contribution in [-0.2, 0) is 9.59 Å². The Morgan fingerprint density at radius 3 is 2.37 bits per heavy atom. The van der Waals surface area contributed by atoms with Crippen molar-refractivity contribution in [3.05, 3.63) is 0 Å². The summed E-state index contributed by atoms with van der Waals surface area (Å²) in [5, 5.41) is 12.3. The van der Waals surface area contributed by atoms with E-state index in [2.05, 4.69) is 19.2 Å². The van der Waals surface area contributed by atoms with E-state index in [1.54, 1.807) is 6.92 Å². The first-order valence-corrected chi connectivity index (χ1v) is 7.11. The number of rotatable bonds is 4. The van der Waals surface area contributed by atoms with Gasteiger partial charge in [-0.25, -0.2) is 0 Å². The fourth-order valence-corrected chi connectivity index (χ4v) is 3.14. The fraction of sp³-hybridized carbons (Fsp3) is 0.857. The van der Waals surface area contributed by atoms with Crippen LogP contribution in [-0.4, -0.2) is 48.1 Å². The van der Waals surface area contributed by atoms with E-state index in [0.29, 0.717) is 19.0 Å². The minimum Gasteiger partial charge on any atom is -0.481 e. The topological polar surface area (TPSA) is 69.6 Å². The highest BCUT2D eigenvalue weighted by Gasteiger charge is 2.49. The van der Waals surface area contributed by atoms with Gasteiger partial charge in [0.1, 0.15) is 0 Å². The lowest BCUT2D eigenvalue weighted by Gasteiger charge is -2.46. The summed E-state index contributed by atoms with van der Waals surface area (Å²) >= 11 is 0. The lowest BCUT2D eigenvalue weighted by Crippen LogP contribution is -2.59. The Morgan fingerprint density at radius 1 is 1.32 bits per heavy atom. The van der Waals surface area contributed by atoms with Crippen LogP contribution >= 0.6 is 0 Å². The maximum Gasteiger partial charge on any atom is 0.306 e. The van der Waals surface area contributed by atoms with Gasteiger partial charge in [0.25, 0.3) is 0 Å². The van der Waals surface area contributed by atoms with E-state index >= 15 is 0 Å². The van der Waals surface area contributed by atoms with Crippen molar-refractivity contribution in [2.24, 2.45) is 23.2 Å². The van der Waals surface area contributed by atoms with Crippen LogP contribution in [0.2, 0.25) is 0 Å². The molecule has 2 heterocycles. The smallest absolute Gasteiger partial charge is 0.306 e. The largest absolute Gasteiger partial charge is 0.481 e. The van der Waals surface area contributed by atoms with Crippen LogP contribution in [0.5, 0.6) is 0 Å². The van der Waals surface area contributed by atoms with Crippen LogP contribution in [0.3, 0.4) is 0 Å². The molecule has 0 aliphatic carbocycles. The van der Waals surface area contributed by atoms with Crippen molar-refractivity contribution in [1.82, 2.24) is 10.2 Å². The summed E-state index contributed by atoms with van der Waals surface area (Å²) in [6.07, 6.45) is 0.888. The Morgan fingerprint density at radius 2 is 1.95 bits per heavy atom. The van der Waals surface area contributed by atoms with Crippen molar-refractivity contribution in [3.8, 4) is 0 Å². The molecule has 0 spiro atoms. The first kappa shape index (κ1) is 14.3. The summed E-state index contributed by atoms with van der Waals surface area (Å²) in [5.74, 6) is -0.494. The molecular formula is C14H24N2O3. The van der Waals surface area contributed by atoms with Gasteiger partial charge < -0.3 is 15.3 Å². The normalized spacial score (nSPS) is 29.4. The van der Waals surface area contributed by atoms with E-state index < -0.39 is 5.97 Å². The lowest BCUT2D eigenvalue weighted by molar-refractivity contribution is -0.157. The second kappa shape index (κ2) is 5.12. The van der Waals surface area contributed by atoms with Crippen LogP contribution in [0.4, 0.5) is 0 Å². The number of likely N-dealkylation sites (tertiary alicyclic amines) is 1. The monoisotopic (exact) mass is 268 g/mol. The summed E-state index contributed by atoms with van der Waals surface area (Å²) in [4.78, 5) is 25.4. The Kier molecular flexibility index (Phi) is 3.85. The van der Waals surface area contributed by atoms with Gasteiger partial charge in [-0.2, -0.15) is 0 Å². The standard InChI is InChI=1S/C14H24N2O3/c1-9(2)14(4-5-15-8-14)13(19)16-6-11(7-16)10(3)12(17)18/h9-11,15H,4-8H2,1-3H3,(H,17,18). The van der Waals surface area contributed by atoms with Crippen molar-refractivity contribution in [1.29, 1.82) is 0 Å². The van der Waals surface area contributed by atoms with Gasteiger partial charge in [-0.15, -0.1) is 0 Å². The molecule has 0 bridgehead atoms. The third-order valence-electron chi connectivity index (χ3n) is 5.01. The molecular weight excluding hydrogens is 244 g/mol. The SMILES string of the molecule is CC(C(=O)O)C1CN(C(=O)C2(C(C)C)CCNC2)C1. The first-order valence-electron chi connectivity index (χ1n) is 7.11. The molecule has 2 saturated heterocycles. The molecule has 0 aromatic rings. The van der Waals surface area contributed by atoms with Crippen molar-refractivity contribution in [2.45, 2.75) is 27.2 Å². The number of amides is 1. The van der Waals surface area contributed by atoms with Gasteiger partial charge in [0, 0.05) is 25.6 Å². The number of carboxylic acids is 1. The Balaban J connectivity index is 1.97. The molecule has 5 nitrogen and oxygen atoms in total. The van der Waals surface area contributed by atoms with Crippen molar-refractivity contribution >= 4 is 11.9 Å². The predicted molar refractivity (Wildman–Crippen MR) is 71.6 cm³/mol. The van der Waals surface area contributed by atoms with Gasteiger partial charge in [-0.3, -0.25) is 9.59 Å². The second-order valence-corrected chi connectivity index (χ2v) is 6.33. The average molecular weight is 268 g/mol. The van der Waals surface area contributed by atoms with Crippen molar-refractivity contribution in [3.63, 3.8) is 0 Å². The molecule has 2 atom stereocenters. The molecule has 2 rings (SSSR count). The number of aliphatic carboxylic acids is 1. The van der Waals surface area contributed by atoms with Crippen LogP contribution in [0.1, 0.15) is 27.2 Å². The minimum atomic E-state index is -0.766. The van der Waals surface area contributed by atoms with Gasteiger partial charge in [0.15, 0.2) is 0 Å². The summed E-state index contributed by atoms with van der Waals surface area (Å²) in [6.45, 7) is 8.77. The molecule has 19 heavy (non-hydrogen) atoms. The molecule has 2 unspecified atom stereocenters. The average Bonchev–Trinajstić information content (AvgIpc) is 2.76. The molecule has 0 radical (unpaired) electrons. The molecule has 0 saturated carbocycles. The molecule has 2 aliphatic rings. The van der Waals surface area contributed by atoms with Gasteiger partial charge >= 0.3 is 5.97 Å². The summed E-state index contributed by atoms with van der Waals surface area (Å²) in [5.41, 5.74) is -0.280. The second-order valence-electron chi connectivity index (χ2n) is 6.33. The van der Waals surface area contributed by atoms with Gasteiger partial charge in [0.05, 0.1) is 11.3 Å². The zero-order valence-electron chi connectivity index (χ0n) is 12.0. The van der Waals surface area contributed by atoms with E-state index in [1.807, 2.05) is 4.90 Å². The van der Waals surface area contributed by atoms with E-state index in [0.717, 1.165) is 19.5 Å². The number of nitrogens with zero attached hydrogens (tertiary/aromatic N) is 1. The van der Waals surface area contributed by atoms with Gasteiger partial charge in [0.2, 0.25) is 5.91 Å². The van der Waals surface area contributed by atoms with Crippen LogP contribution in [0.15, 0.2) is 0 Å². The molecule has 0 aromatic carbocycles. The molecule has 108 valence electrons. The Bertz CT molecular complexity index is 369. The number of carbonyl (C=O) groups is 2. The van der Waals surface area contributed by atoms with E-state index in [9.17, 15) is 9.59 Å². The number of carboxylic acid groups (broad SMARTS) is 1. The quantitative estimate of drug-likeness (QED) is 0.791. The highest BCUT2D eigenvalue weighted by molar-refractivity contribution is 5.84. The highest BCUT2D eigenvalue weighted by atomic mass is 16.4. The summed E-state index contributed by atoms with van der Waals surface area (Å²) < 4.78 is 0. The van der Waals surface area contributed by atoms with Crippen LogP contribution in [0.25, 0.3) is 0 Å². The minimum absolute atomic E-state index is 0.111. The zero-order valence-corrected chi connectivity index (χ0v) is 12.0.